The fourth-order valence-electron chi connectivity index (χ4n) is 17.6. The molecule has 0 amide bonds. The first-order chi connectivity index (χ1) is 57.9. The lowest BCUT2D eigenvalue weighted by Gasteiger charge is -2.28. The number of hydrogen-bond acceptors (Lipinski definition) is 20. The zero-order chi connectivity index (χ0) is 83.5. The van der Waals surface area contributed by atoms with Gasteiger partial charge in [-0.3, -0.25) is 0 Å². The van der Waals surface area contributed by atoms with Crippen molar-refractivity contribution in [2.24, 2.45) is 23.7 Å². The van der Waals surface area contributed by atoms with Crippen LogP contribution in [0.2, 0.25) is 0 Å². The van der Waals surface area contributed by atoms with Gasteiger partial charge in [0.15, 0.2) is 0 Å². The van der Waals surface area contributed by atoms with Crippen LogP contribution in [0.1, 0.15) is 187 Å². The Labute approximate surface area is 701 Å². The molecule has 26 nitrogen and oxygen atoms in total. The van der Waals surface area contributed by atoms with Gasteiger partial charge in [0.1, 0.15) is 59.4 Å². The molecule has 0 saturated heterocycles. The predicted molar refractivity (Wildman–Crippen MR) is 482 cm³/mol. The lowest BCUT2D eigenvalue weighted by molar-refractivity contribution is 0.134. The third-order valence-corrected chi connectivity index (χ3v) is 25.0. The van der Waals surface area contributed by atoms with Crippen LogP contribution < -0.4 is 62.0 Å². The van der Waals surface area contributed by atoms with Crippen molar-refractivity contribution in [3.63, 3.8) is 0 Å². The first-order valence-corrected chi connectivity index (χ1v) is 44.7. The summed E-state index contributed by atoms with van der Waals surface area (Å²) in [6.07, 6.45) is 21.2. The smallest absolute Gasteiger partial charge is 0.203 e. The Hall–Kier alpha value is -10.3. The van der Waals surface area contributed by atoms with E-state index >= 15 is 0 Å². The molecule has 7 atom stereocenters. The molecule has 12 aromatic rings. The Balaban J connectivity index is 0.000000117. The van der Waals surface area contributed by atoms with Gasteiger partial charge in [0, 0.05) is 112 Å². The van der Waals surface area contributed by atoms with Crippen molar-refractivity contribution in [3.8, 4) is 34.5 Å². The van der Waals surface area contributed by atoms with E-state index in [1.807, 2.05) is 68.7 Å². The van der Waals surface area contributed by atoms with Crippen LogP contribution >= 0.6 is 0 Å². The van der Waals surface area contributed by atoms with Crippen LogP contribution in [0.25, 0.3) is 66.2 Å². The highest BCUT2D eigenvalue weighted by Crippen LogP contribution is 2.43. The molecule has 7 aliphatic heterocycles. The second-order valence-electron chi connectivity index (χ2n) is 33.6. The molecule has 6 aromatic carbocycles. The highest BCUT2D eigenvalue weighted by atomic mass is 16.5. The van der Waals surface area contributed by atoms with Crippen LogP contribution in [0.5, 0.6) is 34.5 Å². The van der Waals surface area contributed by atoms with Crippen molar-refractivity contribution in [1.82, 2.24) is 62.2 Å². The standard InChI is InChI=1S/C17H23N3O.C16H21N3O.C16H23N3O.C15H24N4O.C15H21N3O.C14H19N3O2/c1-3-11-7-13-15(21-10-11)6-5-14-16(13)20-9-12(4-2)8-18-17(20)19-14;1-3-10-8-17-16-18-13-5-6-14-12(7-11(4-2)20-14)15(13)19(16)9-10;1-3-5-8-19-15-12-9-11(4-2)10-20-14(12)7-6-13(15)18-16(19)17;1-4-5-8-19-14-11-12(20-10-9-18(2)3)6-7-13(14)17-15(19)16;1-3-5-8-18-14-11-9-10(4-2)19-13(11)7-6-12(14)17-15(18)16;1-2-3-6-17-13-10-7-9(8-18)19-12(10)5-4-11(13)16-14(17)15/h5-6,11-12H,3-4,7-10H2,1-2H3,(H,18,19);5-6,10-11H,3-4,7-9H2,1-2H3,(H,17,18);6-7,11H,3-5,8-10H2,1-2H3,(H2,17,18);6-7,11H,4-5,8-10H2,1-3H3,(H2,16,17);6-7,10H,3-5,8-9H2,1-2H3,(H2,16,17);4-5,9,18H,2-3,6-8H2,1H3,(H2,15,16). The third kappa shape index (κ3) is 18.4. The molecule has 7 unspecified atom stereocenters. The summed E-state index contributed by atoms with van der Waals surface area (Å²) >= 11 is 0. The molecule has 11 N–H and O–H groups in total. The van der Waals surface area contributed by atoms with Crippen molar-refractivity contribution in [1.29, 1.82) is 0 Å². The first kappa shape index (κ1) is 85.1. The summed E-state index contributed by atoms with van der Waals surface area (Å²) in [5.74, 6) is 12.9. The summed E-state index contributed by atoms with van der Waals surface area (Å²) in [6, 6.07) is 26.3. The Morgan fingerprint density at radius 3 is 1.17 bits per heavy atom. The Bertz CT molecular complexity index is 5330. The lowest BCUT2D eigenvalue weighted by atomic mass is 9.93. The zero-order valence-corrected chi connectivity index (χ0v) is 72.7. The summed E-state index contributed by atoms with van der Waals surface area (Å²) in [6.45, 7) is 33.2. The normalized spacial score (nSPS) is 18.9. The number of likely N-dealkylation sites (N-methyl/N-ethyl adjacent to an activating group) is 1. The molecule has 0 bridgehead atoms. The average Bonchev–Trinajstić information content (AvgIpc) is 1.32. The minimum absolute atomic E-state index is 0.0365. The molecule has 0 fully saturated rings. The van der Waals surface area contributed by atoms with Crippen molar-refractivity contribution in [2.45, 2.75) is 249 Å². The summed E-state index contributed by atoms with van der Waals surface area (Å²) < 4.78 is 48.6. The van der Waals surface area contributed by atoms with Gasteiger partial charge in [0.2, 0.25) is 35.7 Å². The third-order valence-electron chi connectivity index (χ3n) is 25.0. The molecule has 13 heterocycles. The SMILES string of the molecule is CCC1CNc2nc3ccc4c(c3n2C1)CC(CC)O4.CCC1COc2ccc3nc4n(c3c2C1)CC(CC)CN4.CCCCn1c(N)nc2ccc(OCCN(C)C)cc21.CCCCn1c(N)nc2ccc3c(c21)CC(CC)CO3.CCCCn1c(N)nc2ccc3c(c21)CC(CC)O3.CCCCn1c(N)nc2ccc3c(c21)CC(CO)O3. The summed E-state index contributed by atoms with van der Waals surface area (Å²) in [7, 11) is 4.07. The lowest BCUT2D eigenvalue weighted by Crippen LogP contribution is -2.27. The minimum atomic E-state index is -0.142. The van der Waals surface area contributed by atoms with E-state index in [1.165, 1.54) is 63.6 Å². The number of nitrogen functional groups attached to an aromatic ring is 4. The molecular weight excluding hydrogens is 1500 g/mol. The van der Waals surface area contributed by atoms with Gasteiger partial charge in [-0.25, -0.2) is 29.9 Å². The van der Waals surface area contributed by atoms with Gasteiger partial charge in [-0.15, -0.1) is 0 Å². The van der Waals surface area contributed by atoms with Gasteiger partial charge in [-0.1, -0.05) is 94.9 Å². The number of hydrogen-bond donors (Lipinski definition) is 7. The van der Waals surface area contributed by atoms with E-state index in [1.54, 1.807) is 0 Å². The number of benzene rings is 6. The number of fused-ring (bicyclic) bond motifs is 20. The topological polar surface area (TPSA) is 314 Å². The minimum Gasteiger partial charge on any atom is -0.493 e. The molecule has 0 spiro atoms. The number of ether oxygens (including phenoxy) is 6. The number of unbranched alkanes of at least 4 members (excludes halogenated alkanes) is 4. The van der Waals surface area contributed by atoms with Crippen LogP contribution in [0, 0.1) is 23.7 Å². The molecule has 0 saturated carbocycles. The fraction of sp³-hybridized carbons (Fsp3) is 0.548. The van der Waals surface area contributed by atoms with Gasteiger partial charge < -0.3 is 99.4 Å². The zero-order valence-electron chi connectivity index (χ0n) is 72.7. The van der Waals surface area contributed by atoms with E-state index in [2.05, 4.69) is 156 Å². The Kier molecular flexibility index (Phi) is 27.7. The quantitative estimate of drug-likeness (QED) is 0.0313. The van der Waals surface area contributed by atoms with Crippen molar-refractivity contribution >= 4 is 102 Å². The highest BCUT2D eigenvalue weighted by Gasteiger charge is 2.33. The summed E-state index contributed by atoms with van der Waals surface area (Å²) in [5, 5.41) is 16.2. The van der Waals surface area contributed by atoms with Crippen LogP contribution in [-0.2, 0) is 71.4 Å². The number of aromatic nitrogens is 12. The monoisotopic (exact) mass is 1630 g/mol. The van der Waals surface area contributed by atoms with E-state index < -0.39 is 0 Å². The second-order valence-corrected chi connectivity index (χ2v) is 33.6. The van der Waals surface area contributed by atoms with Gasteiger partial charge >= 0.3 is 0 Å². The number of nitrogens with zero attached hydrogens (tertiary/aromatic N) is 13. The van der Waals surface area contributed by atoms with E-state index in [4.69, 9.17) is 61.3 Å². The van der Waals surface area contributed by atoms with Gasteiger partial charge in [-0.2, -0.15) is 0 Å². The molecule has 640 valence electrons. The molecule has 19 rings (SSSR count). The van der Waals surface area contributed by atoms with E-state index in [0.29, 0.717) is 66.3 Å². The van der Waals surface area contributed by atoms with Gasteiger partial charge in [0.25, 0.3) is 0 Å². The molecule has 119 heavy (non-hydrogen) atoms. The summed E-state index contributed by atoms with van der Waals surface area (Å²) in [4.78, 5) is 29.4. The van der Waals surface area contributed by atoms with Gasteiger partial charge in [-0.05, 0) is 188 Å². The highest BCUT2D eigenvalue weighted by molar-refractivity contribution is 5.89. The maximum atomic E-state index is 9.25. The number of aliphatic hydroxyl groups is 1. The fourth-order valence-corrected chi connectivity index (χ4v) is 17.6. The molecule has 0 radical (unpaired) electrons. The number of aliphatic hydroxyl groups excluding tert-OH is 1. The maximum absolute atomic E-state index is 9.25. The molecule has 6 aromatic heterocycles. The molecule has 26 heteroatoms. The number of rotatable bonds is 23. The predicted octanol–water partition coefficient (Wildman–Crippen LogP) is 17.2. The van der Waals surface area contributed by atoms with E-state index in [-0.39, 0.29) is 12.7 Å². The van der Waals surface area contributed by atoms with E-state index in [9.17, 15) is 5.11 Å². The van der Waals surface area contributed by atoms with Crippen molar-refractivity contribution in [2.75, 3.05) is 93.7 Å². The van der Waals surface area contributed by atoms with Crippen LogP contribution in [-0.4, -0.2) is 146 Å². The van der Waals surface area contributed by atoms with E-state index in [0.717, 1.165) is 271 Å². The van der Waals surface area contributed by atoms with Gasteiger partial charge in [0.05, 0.1) is 86.0 Å². The number of anilines is 6. The molecule has 7 aliphatic rings. The maximum Gasteiger partial charge on any atom is 0.203 e. The number of aryl methyl sites for hydroxylation is 4. The average molecular weight is 1630 g/mol. The first-order valence-electron chi connectivity index (χ1n) is 44.7. The van der Waals surface area contributed by atoms with Crippen LogP contribution in [0.15, 0.2) is 78.9 Å². The Morgan fingerprint density at radius 2 is 0.765 bits per heavy atom. The van der Waals surface area contributed by atoms with Crippen molar-refractivity contribution in [3.05, 3.63) is 107 Å². The largest absolute Gasteiger partial charge is 0.493 e. The second kappa shape index (κ2) is 38.8. The number of imidazole rings is 6. The molecular formula is C93H131N19O7. The summed E-state index contributed by atoms with van der Waals surface area (Å²) in [5.41, 5.74) is 43.7. The van der Waals surface area contributed by atoms with Crippen LogP contribution in [0.4, 0.5) is 35.7 Å². The number of nitrogens with two attached hydrogens (primary N) is 4. The van der Waals surface area contributed by atoms with Crippen molar-refractivity contribution < 1.29 is 33.5 Å². The number of nitrogens with one attached hydrogen (secondary N) is 2. The Morgan fingerprint density at radius 1 is 0.412 bits per heavy atom. The van der Waals surface area contributed by atoms with Crippen LogP contribution in [0.3, 0.4) is 0 Å². The molecule has 0 aliphatic carbocycles.